The number of carbonyl (C=O) groups excluding carboxylic acids is 1. The summed E-state index contributed by atoms with van der Waals surface area (Å²) < 4.78 is 47.0. The van der Waals surface area contributed by atoms with Gasteiger partial charge in [0.25, 0.3) is 0 Å². The molecule has 26 heavy (non-hydrogen) atoms. The van der Waals surface area contributed by atoms with Crippen molar-refractivity contribution in [3.8, 4) is 5.75 Å². The summed E-state index contributed by atoms with van der Waals surface area (Å²) in [5.74, 6) is -0.291. The van der Waals surface area contributed by atoms with E-state index in [4.69, 9.17) is 4.74 Å². The molecule has 0 unspecified atom stereocenters. The molecule has 0 saturated carbocycles. The Morgan fingerprint density at radius 2 is 1.81 bits per heavy atom. The minimum absolute atomic E-state index is 0.0433. The van der Waals surface area contributed by atoms with Crippen molar-refractivity contribution in [2.75, 3.05) is 18.4 Å². The average molecular weight is 439 g/mol. The summed E-state index contributed by atoms with van der Waals surface area (Å²) in [6.07, 6.45) is -3.75. The van der Waals surface area contributed by atoms with Crippen LogP contribution >= 0.6 is 15.9 Å². The van der Waals surface area contributed by atoms with E-state index in [0.717, 1.165) is 0 Å². The first-order valence-electron chi connectivity index (χ1n) is 8.22. The van der Waals surface area contributed by atoms with Crippen molar-refractivity contribution < 1.29 is 27.4 Å². The third-order valence-electron chi connectivity index (χ3n) is 3.62. The van der Waals surface area contributed by atoms with Crippen LogP contribution in [0.15, 0.2) is 22.7 Å². The van der Waals surface area contributed by atoms with Crippen LogP contribution in [0.3, 0.4) is 0 Å². The number of rotatable bonds is 3. The fourth-order valence-corrected chi connectivity index (χ4v) is 3.08. The number of benzene rings is 1. The van der Waals surface area contributed by atoms with Gasteiger partial charge in [0, 0.05) is 35.4 Å². The Morgan fingerprint density at radius 1 is 1.19 bits per heavy atom. The summed E-state index contributed by atoms with van der Waals surface area (Å²) in [5, 5.41) is 3.20. The molecule has 1 heterocycles. The number of hydrogen-bond donors (Lipinski definition) is 1. The molecule has 9 heteroatoms. The van der Waals surface area contributed by atoms with Crippen LogP contribution in [0.5, 0.6) is 5.75 Å². The van der Waals surface area contributed by atoms with Gasteiger partial charge in [0.05, 0.1) is 0 Å². The molecule has 1 aromatic rings. The largest absolute Gasteiger partial charge is 0.573 e. The molecular weight excluding hydrogens is 417 g/mol. The smallest absolute Gasteiger partial charge is 0.444 e. The van der Waals surface area contributed by atoms with E-state index >= 15 is 0 Å². The van der Waals surface area contributed by atoms with Gasteiger partial charge in [0.2, 0.25) is 0 Å². The van der Waals surface area contributed by atoms with Gasteiger partial charge in [-0.05, 0) is 45.7 Å². The highest BCUT2D eigenvalue weighted by Crippen LogP contribution is 2.30. The molecule has 0 aliphatic carbocycles. The van der Waals surface area contributed by atoms with Gasteiger partial charge < -0.3 is 19.7 Å². The predicted molar refractivity (Wildman–Crippen MR) is 95.3 cm³/mol. The van der Waals surface area contributed by atoms with Crippen LogP contribution in [0.25, 0.3) is 0 Å². The van der Waals surface area contributed by atoms with Crippen LogP contribution in [0.4, 0.5) is 23.7 Å². The molecule has 0 atom stereocenters. The minimum atomic E-state index is -4.74. The Labute approximate surface area is 159 Å². The molecule has 1 N–H and O–H groups in total. The average Bonchev–Trinajstić information content (AvgIpc) is 2.43. The fourth-order valence-electron chi connectivity index (χ4n) is 2.61. The third kappa shape index (κ3) is 6.93. The molecule has 1 saturated heterocycles. The zero-order valence-corrected chi connectivity index (χ0v) is 16.4. The Bertz CT molecular complexity index is 639. The Hall–Kier alpha value is -1.64. The maximum absolute atomic E-state index is 12.4. The number of amides is 1. The number of alkyl halides is 3. The number of piperidine rings is 1. The molecule has 1 aliphatic rings. The van der Waals surface area contributed by atoms with Gasteiger partial charge in [-0.3, -0.25) is 0 Å². The van der Waals surface area contributed by atoms with E-state index < -0.39 is 12.0 Å². The van der Waals surface area contributed by atoms with Crippen LogP contribution in [0.1, 0.15) is 33.6 Å². The van der Waals surface area contributed by atoms with Crippen molar-refractivity contribution in [3.05, 3.63) is 22.7 Å². The number of halogens is 4. The number of carbonyl (C=O) groups is 1. The number of likely N-dealkylation sites (tertiary alicyclic amines) is 1. The van der Waals surface area contributed by atoms with E-state index in [2.05, 4.69) is 26.0 Å². The highest BCUT2D eigenvalue weighted by molar-refractivity contribution is 9.10. The molecule has 1 aliphatic heterocycles. The Morgan fingerprint density at radius 3 is 2.35 bits per heavy atom. The highest BCUT2D eigenvalue weighted by Gasteiger charge is 2.31. The predicted octanol–water partition coefficient (Wildman–Crippen LogP) is 5.16. The number of ether oxygens (including phenoxy) is 2. The Balaban J connectivity index is 1.92. The summed E-state index contributed by atoms with van der Waals surface area (Å²) in [7, 11) is 0. The fraction of sp³-hybridized carbons (Fsp3) is 0.588. The first-order chi connectivity index (χ1) is 11.9. The normalized spacial score (nSPS) is 16.3. The minimum Gasteiger partial charge on any atom is -0.444 e. The van der Waals surface area contributed by atoms with Gasteiger partial charge in [-0.2, -0.15) is 0 Å². The third-order valence-corrected chi connectivity index (χ3v) is 4.08. The molecule has 2 rings (SSSR count). The lowest BCUT2D eigenvalue weighted by molar-refractivity contribution is -0.274. The highest BCUT2D eigenvalue weighted by atomic mass is 79.9. The van der Waals surface area contributed by atoms with E-state index in [9.17, 15) is 18.0 Å². The van der Waals surface area contributed by atoms with Crippen LogP contribution in [-0.4, -0.2) is 42.1 Å². The maximum Gasteiger partial charge on any atom is 0.573 e. The summed E-state index contributed by atoms with van der Waals surface area (Å²) in [5.41, 5.74) is -0.0217. The number of hydrogen-bond acceptors (Lipinski definition) is 4. The van der Waals surface area contributed by atoms with Gasteiger partial charge >= 0.3 is 12.5 Å². The molecule has 5 nitrogen and oxygen atoms in total. The lowest BCUT2D eigenvalue weighted by Gasteiger charge is -2.34. The monoisotopic (exact) mass is 438 g/mol. The van der Waals surface area contributed by atoms with Gasteiger partial charge in [-0.25, -0.2) is 4.79 Å². The second kappa shape index (κ2) is 7.94. The molecule has 0 aromatic heterocycles. The molecule has 0 spiro atoms. The summed E-state index contributed by atoms with van der Waals surface area (Å²) in [6, 6.07) is 4.29. The van der Waals surface area contributed by atoms with Crippen molar-refractivity contribution in [1.29, 1.82) is 0 Å². The second-order valence-corrected chi connectivity index (χ2v) is 8.03. The molecule has 146 valence electrons. The van der Waals surface area contributed by atoms with Crippen LogP contribution < -0.4 is 10.1 Å². The van der Waals surface area contributed by atoms with Crippen molar-refractivity contribution >= 4 is 27.7 Å². The standard InChI is InChI=1S/C17H22BrF3N2O3/c1-16(2,3)26-15(24)23-6-4-12(5-7-23)22-13-8-11(18)9-14(10-13)25-17(19,20)21/h8-10,12,22H,4-7H2,1-3H3. The molecule has 0 radical (unpaired) electrons. The molecule has 0 bridgehead atoms. The summed E-state index contributed by atoms with van der Waals surface area (Å²) in [4.78, 5) is 13.7. The second-order valence-electron chi connectivity index (χ2n) is 7.11. The number of anilines is 1. The van der Waals surface area contributed by atoms with E-state index in [1.807, 2.05) is 20.8 Å². The van der Waals surface area contributed by atoms with Crippen LogP contribution in [-0.2, 0) is 4.74 Å². The molecule has 1 amide bonds. The van der Waals surface area contributed by atoms with Gasteiger partial charge in [-0.15, -0.1) is 13.2 Å². The van der Waals surface area contributed by atoms with Crippen molar-refractivity contribution in [2.45, 2.75) is 51.6 Å². The van der Waals surface area contributed by atoms with Crippen LogP contribution in [0, 0.1) is 0 Å². The SMILES string of the molecule is CC(C)(C)OC(=O)N1CCC(Nc2cc(Br)cc(OC(F)(F)F)c2)CC1. The Kier molecular flexibility index (Phi) is 6.31. The molecule has 1 aromatic carbocycles. The van der Waals surface area contributed by atoms with E-state index in [-0.39, 0.29) is 17.9 Å². The zero-order chi connectivity index (χ0) is 19.5. The first-order valence-corrected chi connectivity index (χ1v) is 9.01. The van der Waals surface area contributed by atoms with Gasteiger partial charge in [0.15, 0.2) is 0 Å². The lowest BCUT2D eigenvalue weighted by atomic mass is 10.0. The lowest BCUT2D eigenvalue weighted by Crippen LogP contribution is -2.44. The maximum atomic E-state index is 12.4. The van der Waals surface area contributed by atoms with Crippen molar-refractivity contribution in [2.24, 2.45) is 0 Å². The number of nitrogens with one attached hydrogen (secondary N) is 1. The number of nitrogens with zero attached hydrogens (tertiary/aromatic N) is 1. The molecular formula is C17H22BrF3N2O3. The topological polar surface area (TPSA) is 50.8 Å². The zero-order valence-electron chi connectivity index (χ0n) is 14.8. The van der Waals surface area contributed by atoms with Crippen molar-refractivity contribution in [1.82, 2.24) is 4.90 Å². The van der Waals surface area contributed by atoms with E-state index in [0.29, 0.717) is 36.1 Å². The van der Waals surface area contributed by atoms with Crippen LogP contribution in [0.2, 0.25) is 0 Å². The summed E-state index contributed by atoms with van der Waals surface area (Å²) in [6.45, 7) is 6.48. The molecule has 1 fully saturated rings. The van der Waals surface area contributed by atoms with E-state index in [1.165, 1.54) is 12.1 Å². The van der Waals surface area contributed by atoms with Gasteiger partial charge in [-0.1, -0.05) is 15.9 Å². The van der Waals surface area contributed by atoms with Gasteiger partial charge in [0.1, 0.15) is 11.4 Å². The van der Waals surface area contributed by atoms with E-state index in [1.54, 1.807) is 11.0 Å². The summed E-state index contributed by atoms with van der Waals surface area (Å²) >= 11 is 3.19. The van der Waals surface area contributed by atoms with Crippen molar-refractivity contribution in [3.63, 3.8) is 0 Å². The quantitative estimate of drug-likeness (QED) is 0.707. The first kappa shape index (κ1) is 20.7.